The molecule has 1 saturated heterocycles. The van der Waals surface area contributed by atoms with Gasteiger partial charge >= 0.3 is 6.03 Å². The highest BCUT2D eigenvalue weighted by atomic mass is 79.9. The van der Waals surface area contributed by atoms with E-state index in [-0.39, 0.29) is 18.0 Å². The molecule has 0 bridgehead atoms. The number of hydrogen-bond acceptors (Lipinski definition) is 3. The van der Waals surface area contributed by atoms with Gasteiger partial charge in [-0.05, 0) is 75.1 Å². The number of halogens is 1. The molecule has 3 rings (SSSR count). The minimum atomic E-state index is -0.355. The summed E-state index contributed by atoms with van der Waals surface area (Å²) in [5.74, 6) is 0.577. The lowest BCUT2D eigenvalue weighted by atomic mass is 9.97. The average Bonchev–Trinajstić information content (AvgIpc) is 2.70. The minimum absolute atomic E-state index is 0.0315. The van der Waals surface area contributed by atoms with E-state index in [1.54, 1.807) is 6.07 Å². The fraction of sp³-hybridized carbons (Fsp3) is 0.391. The summed E-state index contributed by atoms with van der Waals surface area (Å²) in [6.07, 6.45) is 2.22. The van der Waals surface area contributed by atoms with Gasteiger partial charge in [0.2, 0.25) is 0 Å². The SMILES string of the molecule is CC1CCN(c2ccc(NC(=O)Nc3ccc(Br)cc3)cc2C(=O)NC(C)C)CC1. The maximum Gasteiger partial charge on any atom is 0.323 e. The Morgan fingerprint density at radius 3 is 2.23 bits per heavy atom. The van der Waals surface area contributed by atoms with Crippen molar-refractivity contribution in [3.05, 3.63) is 52.5 Å². The summed E-state index contributed by atoms with van der Waals surface area (Å²) in [7, 11) is 0. The number of rotatable bonds is 5. The van der Waals surface area contributed by atoms with Crippen LogP contribution in [0.3, 0.4) is 0 Å². The van der Waals surface area contributed by atoms with Gasteiger partial charge in [-0.25, -0.2) is 4.79 Å². The molecule has 30 heavy (non-hydrogen) atoms. The van der Waals surface area contributed by atoms with Gasteiger partial charge in [0, 0.05) is 40.7 Å². The lowest BCUT2D eigenvalue weighted by molar-refractivity contribution is 0.0943. The number of nitrogens with one attached hydrogen (secondary N) is 3. The fourth-order valence-electron chi connectivity index (χ4n) is 3.49. The van der Waals surface area contributed by atoms with Gasteiger partial charge < -0.3 is 20.9 Å². The van der Waals surface area contributed by atoms with Crippen LogP contribution in [0.15, 0.2) is 46.9 Å². The molecule has 0 spiro atoms. The quantitative estimate of drug-likeness (QED) is 0.540. The zero-order valence-electron chi connectivity index (χ0n) is 17.7. The molecule has 1 aliphatic rings. The Morgan fingerprint density at radius 1 is 1.00 bits per heavy atom. The smallest absolute Gasteiger partial charge is 0.323 e. The molecule has 1 fully saturated rings. The Morgan fingerprint density at radius 2 is 1.60 bits per heavy atom. The van der Waals surface area contributed by atoms with E-state index in [0.717, 1.165) is 36.1 Å². The summed E-state index contributed by atoms with van der Waals surface area (Å²) >= 11 is 3.38. The number of piperidine rings is 1. The van der Waals surface area contributed by atoms with Crippen LogP contribution in [-0.2, 0) is 0 Å². The molecule has 3 amide bonds. The van der Waals surface area contributed by atoms with Gasteiger partial charge in [0.05, 0.1) is 5.56 Å². The Kier molecular flexibility index (Phi) is 7.37. The molecule has 6 nitrogen and oxygen atoms in total. The van der Waals surface area contributed by atoms with Crippen LogP contribution < -0.4 is 20.9 Å². The molecule has 3 N–H and O–H groups in total. The number of amides is 3. The molecule has 1 heterocycles. The van der Waals surface area contributed by atoms with Crippen LogP contribution in [0.4, 0.5) is 21.9 Å². The van der Waals surface area contributed by atoms with Crippen molar-refractivity contribution in [2.75, 3.05) is 28.6 Å². The van der Waals surface area contributed by atoms with Gasteiger partial charge in [-0.2, -0.15) is 0 Å². The molecule has 0 aliphatic carbocycles. The first-order valence-electron chi connectivity index (χ1n) is 10.3. The van der Waals surface area contributed by atoms with Crippen molar-refractivity contribution < 1.29 is 9.59 Å². The third-order valence-electron chi connectivity index (χ3n) is 5.15. The van der Waals surface area contributed by atoms with Crippen LogP contribution in [0.5, 0.6) is 0 Å². The predicted octanol–water partition coefficient (Wildman–Crippen LogP) is 5.47. The maximum absolute atomic E-state index is 12.9. The molecule has 2 aromatic carbocycles. The zero-order chi connectivity index (χ0) is 21.7. The van der Waals surface area contributed by atoms with Gasteiger partial charge in [0.15, 0.2) is 0 Å². The summed E-state index contributed by atoms with van der Waals surface area (Å²) in [4.78, 5) is 27.5. The lowest BCUT2D eigenvalue weighted by Crippen LogP contribution is -2.36. The Hall–Kier alpha value is -2.54. The molecule has 0 saturated carbocycles. The molecular formula is C23H29BrN4O2. The van der Waals surface area contributed by atoms with Crippen LogP contribution in [0, 0.1) is 5.92 Å². The Bertz CT molecular complexity index is 891. The number of anilines is 3. The highest BCUT2D eigenvalue weighted by Gasteiger charge is 2.22. The van der Waals surface area contributed by atoms with Gasteiger partial charge in [-0.1, -0.05) is 22.9 Å². The highest BCUT2D eigenvalue weighted by molar-refractivity contribution is 9.10. The molecule has 7 heteroatoms. The highest BCUT2D eigenvalue weighted by Crippen LogP contribution is 2.29. The summed E-state index contributed by atoms with van der Waals surface area (Å²) in [6.45, 7) is 8.00. The maximum atomic E-state index is 12.9. The summed E-state index contributed by atoms with van der Waals surface area (Å²) < 4.78 is 0.942. The number of benzene rings is 2. The number of urea groups is 1. The van der Waals surface area contributed by atoms with Crippen molar-refractivity contribution in [2.45, 2.75) is 39.7 Å². The molecule has 0 atom stereocenters. The second kappa shape index (κ2) is 9.98. The van der Waals surface area contributed by atoms with E-state index in [9.17, 15) is 9.59 Å². The Balaban J connectivity index is 1.78. The standard InChI is InChI=1S/C23H29BrN4O2/c1-15(2)25-22(29)20-14-19(8-9-21(20)28-12-10-16(3)11-13-28)27-23(30)26-18-6-4-17(24)5-7-18/h4-9,14-16H,10-13H2,1-3H3,(H,25,29)(H2,26,27,30). The third-order valence-corrected chi connectivity index (χ3v) is 5.67. The normalized spacial score (nSPS) is 14.5. The summed E-state index contributed by atoms with van der Waals surface area (Å²) in [5, 5.41) is 8.60. The van der Waals surface area contributed by atoms with E-state index in [1.165, 1.54) is 0 Å². The van der Waals surface area contributed by atoms with Gasteiger partial charge in [0.1, 0.15) is 0 Å². The van der Waals surface area contributed by atoms with Crippen molar-refractivity contribution in [3.8, 4) is 0 Å². The van der Waals surface area contributed by atoms with Crippen molar-refractivity contribution >= 4 is 44.9 Å². The molecule has 0 aromatic heterocycles. The molecule has 0 radical (unpaired) electrons. The molecular weight excluding hydrogens is 444 g/mol. The molecule has 2 aromatic rings. The van der Waals surface area contributed by atoms with Crippen LogP contribution >= 0.6 is 15.9 Å². The number of hydrogen-bond donors (Lipinski definition) is 3. The van der Waals surface area contributed by atoms with Crippen molar-refractivity contribution in [1.29, 1.82) is 0 Å². The zero-order valence-corrected chi connectivity index (χ0v) is 19.3. The van der Waals surface area contributed by atoms with E-state index in [0.29, 0.717) is 22.9 Å². The Labute approximate surface area is 186 Å². The average molecular weight is 473 g/mol. The second-order valence-electron chi connectivity index (χ2n) is 8.12. The van der Waals surface area contributed by atoms with Crippen molar-refractivity contribution in [1.82, 2.24) is 5.32 Å². The van der Waals surface area contributed by atoms with Crippen molar-refractivity contribution in [3.63, 3.8) is 0 Å². The largest absolute Gasteiger partial charge is 0.371 e. The molecule has 160 valence electrons. The monoisotopic (exact) mass is 472 g/mol. The van der Waals surface area contributed by atoms with E-state index < -0.39 is 0 Å². The molecule has 0 unspecified atom stereocenters. The number of carbonyl (C=O) groups is 2. The van der Waals surface area contributed by atoms with Gasteiger partial charge in [0.25, 0.3) is 5.91 Å². The molecule has 1 aliphatic heterocycles. The van der Waals surface area contributed by atoms with Gasteiger partial charge in [-0.15, -0.1) is 0 Å². The lowest BCUT2D eigenvalue weighted by Gasteiger charge is -2.33. The third kappa shape index (κ3) is 5.98. The topological polar surface area (TPSA) is 73.5 Å². The van der Waals surface area contributed by atoms with Crippen LogP contribution in [0.25, 0.3) is 0 Å². The number of nitrogens with zero attached hydrogens (tertiary/aromatic N) is 1. The number of carbonyl (C=O) groups excluding carboxylic acids is 2. The first-order chi connectivity index (χ1) is 14.3. The summed E-state index contributed by atoms with van der Waals surface area (Å²) in [6, 6.07) is 12.6. The van der Waals surface area contributed by atoms with Crippen LogP contribution in [-0.4, -0.2) is 31.1 Å². The second-order valence-corrected chi connectivity index (χ2v) is 9.03. The summed E-state index contributed by atoms with van der Waals surface area (Å²) in [5.41, 5.74) is 2.76. The van der Waals surface area contributed by atoms with Crippen LogP contribution in [0.1, 0.15) is 44.0 Å². The van der Waals surface area contributed by atoms with Gasteiger partial charge in [-0.3, -0.25) is 4.79 Å². The minimum Gasteiger partial charge on any atom is -0.371 e. The van der Waals surface area contributed by atoms with E-state index in [2.05, 4.69) is 43.7 Å². The van der Waals surface area contributed by atoms with Crippen LogP contribution in [0.2, 0.25) is 0 Å². The fourth-order valence-corrected chi connectivity index (χ4v) is 3.75. The van der Waals surface area contributed by atoms with Crippen molar-refractivity contribution in [2.24, 2.45) is 5.92 Å². The van der Waals surface area contributed by atoms with E-state index in [1.807, 2.05) is 50.2 Å². The first kappa shape index (κ1) is 22.2. The van der Waals surface area contributed by atoms with E-state index in [4.69, 9.17) is 0 Å². The first-order valence-corrected chi connectivity index (χ1v) is 11.1. The predicted molar refractivity (Wildman–Crippen MR) is 126 cm³/mol. The van der Waals surface area contributed by atoms with E-state index >= 15 is 0 Å².